The Kier molecular flexibility index (Phi) is 2.94. The van der Waals surface area contributed by atoms with Crippen LogP contribution in [0.4, 0.5) is 4.39 Å². The van der Waals surface area contributed by atoms with Crippen molar-refractivity contribution in [2.45, 2.75) is 9.92 Å². The van der Waals surface area contributed by atoms with Crippen molar-refractivity contribution in [3.63, 3.8) is 0 Å². The van der Waals surface area contributed by atoms with Crippen LogP contribution in [-0.4, -0.2) is 18.4 Å². The van der Waals surface area contributed by atoms with E-state index in [0.717, 1.165) is 12.1 Å². The Labute approximate surface area is 114 Å². The van der Waals surface area contributed by atoms with E-state index < -0.39 is 15.7 Å². The van der Waals surface area contributed by atoms with Gasteiger partial charge >= 0.3 is 0 Å². The molecule has 20 heavy (non-hydrogen) atoms. The quantitative estimate of drug-likeness (QED) is 0.680. The molecule has 0 amide bonds. The molecule has 0 aliphatic rings. The zero-order chi connectivity index (χ0) is 14.2. The second-order valence-electron chi connectivity index (χ2n) is 4.15. The van der Waals surface area contributed by atoms with Crippen molar-refractivity contribution in [2.24, 2.45) is 0 Å². The van der Waals surface area contributed by atoms with Crippen molar-refractivity contribution in [2.75, 3.05) is 0 Å². The van der Waals surface area contributed by atoms with Crippen LogP contribution in [0.25, 0.3) is 11.0 Å². The predicted octanol–water partition coefficient (Wildman–Crippen LogP) is 2.60. The molecule has 0 spiro atoms. The van der Waals surface area contributed by atoms with E-state index >= 15 is 0 Å². The molecule has 0 atom stereocenters. The number of sulfone groups is 1. The third-order valence-corrected chi connectivity index (χ3v) is 4.47. The van der Waals surface area contributed by atoms with Crippen molar-refractivity contribution >= 4 is 20.9 Å². The Morgan fingerprint density at radius 1 is 0.900 bits per heavy atom. The molecule has 0 radical (unpaired) electrons. The number of rotatable bonds is 2. The third-order valence-electron chi connectivity index (χ3n) is 2.83. The molecule has 6 heteroatoms. The van der Waals surface area contributed by atoms with Crippen molar-refractivity contribution < 1.29 is 12.8 Å². The maximum absolute atomic E-state index is 12.9. The number of aromatic nitrogens is 2. The van der Waals surface area contributed by atoms with Crippen molar-refractivity contribution in [1.82, 2.24) is 9.97 Å². The van der Waals surface area contributed by atoms with Crippen LogP contribution in [0.3, 0.4) is 0 Å². The highest BCUT2D eigenvalue weighted by atomic mass is 32.2. The summed E-state index contributed by atoms with van der Waals surface area (Å²) in [6.07, 6.45) is 1.21. The molecule has 0 fully saturated rings. The standard InChI is InChI=1S/C14H9FN2O2S/c15-10-5-7-11(8-6-10)20(18,19)14-9-16-12-3-1-2-4-13(12)17-14/h1-9H. The molecule has 2 aromatic carbocycles. The summed E-state index contributed by atoms with van der Waals surface area (Å²) in [6, 6.07) is 11.6. The van der Waals surface area contributed by atoms with Gasteiger partial charge in [0.05, 0.1) is 22.1 Å². The number of hydrogen-bond acceptors (Lipinski definition) is 4. The van der Waals surface area contributed by atoms with Gasteiger partial charge in [0.1, 0.15) is 5.82 Å². The highest BCUT2D eigenvalue weighted by molar-refractivity contribution is 7.91. The van der Waals surface area contributed by atoms with Gasteiger partial charge in [-0.1, -0.05) is 12.1 Å². The Balaban J connectivity index is 2.15. The number of benzene rings is 2. The van der Waals surface area contributed by atoms with Gasteiger partial charge in [0.25, 0.3) is 0 Å². The zero-order valence-corrected chi connectivity index (χ0v) is 11.0. The average molecular weight is 288 g/mol. The van der Waals surface area contributed by atoms with E-state index in [1.54, 1.807) is 24.3 Å². The number of halogens is 1. The van der Waals surface area contributed by atoms with E-state index in [9.17, 15) is 12.8 Å². The van der Waals surface area contributed by atoms with Gasteiger partial charge in [-0.15, -0.1) is 0 Å². The van der Waals surface area contributed by atoms with Crippen LogP contribution in [0.1, 0.15) is 0 Å². The second-order valence-corrected chi connectivity index (χ2v) is 6.05. The molecule has 0 saturated heterocycles. The van der Waals surface area contributed by atoms with Gasteiger partial charge in [0, 0.05) is 0 Å². The number of para-hydroxylation sites is 2. The summed E-state index contributed by atoms with van der Waals surface area (Å²) < 4.78 is 37.6. The van der Waals surface area contributed by atoms with Gasteiger partial charge in [0.15, 0.2) is 5.03 Å². The molecular formula is C14H9FN2O2S. The molecule has 1 aromatic heterocycles. The van der Waals surface area contributed by atoms with Crippen LogP contribution in [0.2, 0.25) is 0 Å². The van der Waals surface area contributed by atoms with Crippen molar-refractivity contribution in [3.05, 3.63) is 60.5 Å². The molecule has 0 N–H and O–H groups in total. The Morgan fingerprint density at radius 2 is 1.55 bits per heavy atom. The van der Waals surface area contributed by atoms with Gasteiger partial charge in [-0.3, -0.25) is 4.98 Å². The zero-order valence-electron chi connectivity index (χ0n) is 10.2. The Bertz CT molecular complexity index is 877. The predicted molar refractivity (Wildman–Crippen MR) is 71.4 cm³/mol. The van der Waals surface area contributed by atoms with E-state index in [1.807, 2.05) is 0 Å². The fourth-order valence-electron chi connectivity index (χ4n) is 1.80. The maximum Gasteiger partial charge on any atom is 0.225 e. The Morgan fingerprint density at radius 3 is 2.25 bits per heavy atom. The summed E-state index contributed by atoms with van der Waals surface area (Å²) in [7, 11) is -3.79. The SMILES string of the molecule is O=S(=O)(c1ccc(F)cc1)c1cnc2ccccc2n1. The number of nitrogens with zero attached hydrogens (tertiary/aromatic N) is 2. The fraction of sp³-hybridized carbons (Fsp3) is 0. The lowest BCUT2D eigenvalue weighted by atomic mass is 10.3. The summed E-state index contributed by atoms with van der Waals surface area (Å²) in [5.74, 6) is -0.492. The van der Waals surface area contributed by atoms with Crippen molar-refractivity contribution in [1.29, 1.82) is 0 Å². The molecule has 0 aliphatic carbocycles. The first-order valence-corrected chi connectivity index (χ1v) is 7.28. The monoisotopic (exact) mass is 288 g/mol. The molecule has 100 valence electrons. The lowest BCUT2D eigenvalue weighted by Gasteiger charge is -2.04. The molecule has 0 unspecified atom stereocenters. The molecular weight excluding hydrogens is 279 g/mol. The summed E-state index contributed by atoms with van der Waals surface area (Å²) in [5.41, 5.74) is 1.11. The molecule has 0 aliphatic heterocycles. The van der Waals surface area contributed by atoms with E-state index in [4.69, 9.17) is 0 Å². The van der Waals surface area contributed by atoms with Crippen LogP contribution in [0.15, 0.2) is 64.6 Å². The lowest BCUT2D eigenvalue weighted by Crippen LogP contribution is -2.05. The van der Waals surface area contributed by atoms with E-state index in [0.29, 0.717) is 11.0 Å². The Hall–Kier alpha value is -2.34. The fourth-order valence-corrected chi connectivity index (χ4v) is 2.95. The van der Waals surface area contributed by atoms with Gasteiger partial charge in [0.2, 0.25) is 9.84 Å². The van der Waals surface area contributed by atoms with E-state index in [2.05, 4.69) is 9.97 Å². The molecule has 3 rings (SSSR count). The van der Waals surface area contributed by atoms with Crippen LogP contribution in [0.5, 0.6) is 0 Å². The van der Waals surface area contributed by atoms with Crippen LogP contribution in [-0.2, 0) is 9.84 Å². The molecule has 0 saturated carbocycles. The maximum atomic E-state index is 12.9. The summed E-state index contributed by atoms with van der Waals surface area (Å²) in [5, 5.41) is -0.150. The van der Waals surface area contributed by atoms with Crippen LogP contribution in [0, 0.1) is 5.82 Å². The first-order chi connectivity index (χ1) is 9.57. The minimum absolute atomic E-state index is 0.0107. The lowest BCUT2D eigenvalue weighted by molar-refractivity contribution is 0.591. The molecule has 0 bridgehead atoms. The van der Waals surface area contributed by atoms with E-state index in [-0.39, 0.29) is 9.92 Å². The van der Waals surface area contributed by atoms with Gasteiger partial charge in [-0.25, -0.2) is 17.8 Å². The minimum atomic E-state index is -3.79. The first-order valence-electron chi connectivity index (χ1n) is 5.80. The number of fused-ring (bicyclic) bond motifs is 1. The van der Waals surface area contributed by atoms with Crippen molar-refractivity contribution in [3.8, 4) is 0 Å². The molecule has 3 aromatic rings. The largest absolute Gasteiger partial charge is 0.252 e. The number of hydrogen-bond donors (Lipinski definition) is 0. The summed E-state index contributed by atoms with van der Waals surface area (Å²) in [4.78, 5) is 8.17. The van der Waals surface area contributed by atoms with Crippen LogP contribution < -0.4 is 0 Å². The topological polar surface area (TPSA) is 59.9 Å². The summed E-state index contributed by atoms with van der Waals surface area (Å²) in [6.45, 7) is 0. The van der Waals surface area contributed by atoms with E-state index in [1.165, 1.54) is 18.3 Å². The second kappa shape index (κ2) is 4.64. The first kappa shape index (κ1) is 12.7. The van der Waals surface area contributed by atoms with Gasteiger partial charge in [-0.2, -0.15) is 0 Å². The highest BCUT2D eigenvalue weighted by Gasteiger charge is 2.20. The van der Waals surface area contributed by atoms with Gasteiger partial charge in [-0.05, 0) is 36.4 Å². The molecule has 1 heterocycles. The summed E-state index contributed by atoms with van der Waals surface area (Å²) >= 11 is 0. The average Bonchev–Trinajstić information content (AvgIpc) is 2.47. The smallest absolute Gasteiger partial charge is 0.225 e. The minimum Gasteiger partial charge on any atom is -0.252 e. The normalized spacial score (nSPS) is 11.7. The van der Waals surface area contributed by atoms with Crippen LogP contribution >= 0.6 is 0 Å². The third kappa shape index (κ3) is 2.14. The highest BCUT2D eigenvalue weighted by Crippen LogP contribution is 2.20. The molecule has 4 nitrogen and oxygen atoms in total. The van der Waals surface area contributed by atoms with Gasteiger partial charge < -0.3 is 0 Å².